The average molecular weight is 362 g/mol. The Morgan fingerprint density at radius 3 is 3.04 bits per heavy atom. The maximum atomic E-state index is 12.6. The van der Waals surface area contributed by atoms with Crippen LogP contribution in [0.5, 0.6) is 0 Å². The summed E-state index contributed by atoms with van der Waals surface area (Å²) in [6.07, 6.45) is 3.21. The van der Waals surface area contributed by atoms with E-state index in [-0.39, 0.29) is 17.4 Å². The fourth-order valence-electron chi connectivity index (χ4n) is 4.21. The van der Waals surface area contributed by atoms with Gasteiger partial charge in [-0.2, -0.15) is 5.10 Å². The van der Waals surface area contributed by atoms with Crippen LogP contribution >= 0.6 is 11.6 Å². The summed E-state index contributed by atoms with van der Waals surface area (Å²) in [6.45, 7) is 3.43. The van der Waals surface area contributed by atoms with E-state index in [1.165, 1.54) is 0 Å². The van der Waals surface area contributed by atoms with Crippen molar-refractivity contribution in [1.29, 1.82) is 0 Å². The molecule has 134 valence electrons. The lowest BCUT2D eigenvalue weighted by atomic mass is 9.77. The molecular weight excluding hydrogens is 338 g/mol. The molecule has 0 radical (unpaired) electrons. The van der Waals surface area contributed by atoms with Gasteiger partial charge in [0.05, 0.1) is 28.8 Å². The number of hydrogen-bond donors (Lipinski definition) is 3. The highest BCUT2D eigenvalue weighted by atomic mass is 35.5. The van der Waals surface area contributed by atoms with Crippen molar-refractivity contribution < 1.29 is 4.79 Å². The lowest BCUT2D eigenvalue weighted by molar-refractivity contribution is -0.123. The number of hydrogen-bond acceptors (Lipinski definition) is 4. The smallest absolute Gasteiger partial charge is 0.237 e. The van der Waals surface area contributed by atoms with Crippen molar-refractivity contribution in [1.82, 2.24) is 25.7 Å². The number of nitrogens with zero attached hydrogens (tertiary/aromatic N) is 2. The number of piperidine rings is 1. The van der Waals surface area contributed by atoms with Crippen LogP contribution in [0.2, 0.25) is 5.02 Å². The Morgan fingerprint density at radius 1 is 1.44 bits per heavy atom. The summed E-state index contributed by atoms with van der Waals surface area (Å²) in [4.78, 5) is 12.6. The van der Waals surface area contributed by atoms with Gasteiger partial charge >= 0.3 is 0 Å². The number of carbonyl (C=O) groups is 1. The van der Waals surface area contributed by atoms with E-state index in [2.05, 4.69) is 21.0 Å². The molecule has 3 N–H and O–H groups in total. The fourth-order valence-corrected chi connectivity index (χ4v) is 4.49. The molecule has 1 atom stereocenters. The number of halogens is 1. The third-order valence-electron chi connectivity index (χ3n) is 5.67. The van der Waals surface area contributed by atoms with Crippen LogP contribution in [0.15, 0.2) is 18.2 Å². The van der Waals surface area contributed by atoms with E-state index in [4.69, 9.17) is 11.6 Å². The summed E-state index contributed by atoms with van der Waals surface area (Å²) in [5.74, 6) is 0.0567. The normalized spacial score (nSPS) is 22.6. The maximum Gasteiger partial charge on any atom is 0.237 e. The van der Waals surface area contributed by atoms with Crippen LogP contribution in [0.1, 0.15) is 25.0 Å². The average Bonchev–Trinajstić information content (AvgIpc) is 3.16. The van der Waals surface area contributed by atoms with Crippen LogP contribution in [0, 0.1) is 5.41 Å². The van der Waals surface area contributed by atoms with Crippen molar-refractivity contribution in [3.05, 3.63) is 28.9 Å². The van der Waals surface area contributed by atoms with E-state index in [0.29, 0.717) is 11.6 Å². The lowest BCUT2D eigenvalue weighted by Crippen LogP contribution is -2.40. The molecule has 4 rings (SSSR count). The predicted octanol–water partition coefficient (Wildman–Crippen LogP) is 1.57. The molecule has 1 aromatic heterocycles. The van der Waals surface area contributed by atoms with Crippen LogP contribution in [-0.2, 0) is 18.4 Å². The van der Waals surface area contributed by atoms with Gasteiger partial charge in [0, 0.05) is 19.0 Å². The molecule has 1 aromatic carbocycles. The van der Waals surface area contributed by atoms with Crippen LogP contribution in [0.25, 0.3) is 10.9 Å². The summed E-state index contributed by atoms with van der Waals surface area (Å²) in [5.41, 5.74) is 2.07. The number of aryl methyl sites for hydroxylation is 1. The second-order valence-electron chi connectivity index (χ2n) is 7.31. The predicted molar refractivity (Wildman–Crippen MR) is 98.5 cm³/mol. The molecule has 1 amide bonds. The zero-order valence-corrected chi connectivity index (χ0v) is 15.2. The topological polar surface area (TPSA) is 71.0 Å². The van der Waals surface area contributed by atoms with Crippen LogP contribution < -0.4 is 16.0 Å². The molecule has 0 saturated carbocycles. The Hall–Kier alpha value is -1.63. The highest BCUT2D eigenvalue weighted by Crippen LogP contribution is 2.37. The molecule has 1 unspecified atom stereocenters. The van der Waals surface area contributed by atoms with Gasteiger partial charge in [-0.25, -0.2) is 0 Å². The van der Waals surface area contributed by atoms with Crippen molar-refractivity contribution >= 4 is 28.4 Å². The van der Waals surface area contributed by atoms with E-state index >= 15 is 0 Å². The molecule has 25 heavy (non-hydrogen) atoms. The minimum Gasteiger partial charge on any atom is -0.349 e. The fraction of sp³-hybridized carbons (Fsp3) is 0.556. The summed E-state index contributed by atoms with van der Waals surface area (Å²) in [5, 5.41) is 16.0. The molecule has 2 saturated heterocycles. The van der Waals surface area contributed by atoms with E-state index in [0.717, 1.165) is 55.5 Å². The molecular formula is C18H24ClN5O. The minimum atomic E-state index is -0.108. The second kappa shape index (κ2) is 6.59. The van der Waals surface area contributed by atoms with Gasteiger partial charge in [0.25, 0.3) is 0 Å². The monoisotopic (exact) mass is 361 g/mol. The van der Waals surface area contributed by atoms with Crippen molar-refractivity contribution in [2.24, 2.45) is 12.5 Å². The molecule has 2 fully saturated rings. The van der Waals surface area contributed by atoms with Gasteiger partial charge in [0.2, 0.25) is 5.91 Å². The Kier molecular flexibility index (Phi) is 4.43. The SMILES string of the molecule is Cn1nc(CNC(=O)C2CC3(CCNCC3)CN2)c2c(Cl)cccc21. The Morgan fingerprint density at radius 2 is 2.24 bits per heavy atom. The first-order valence-electron chi connectivity index (χ1n) is 8.90. The molecule has 1 spiro atoms. The Labute approximate surface area is 152 Å². The van der Waals surface area contributed by atoms with E-state index in [1.54, 1.807) is 4.68 Å². The molecule has 6 nitrogen and oxygen atoms in total. The van der Waals surface area contributed by atoms with E-state index in [1.807, 2.05) is 25.2 Å². The van der Waals surface area contributed by atoms with Crippen LogP contribution in [0.3, 0.4) is 0 Å². The van der Waals surface area contributed by atoms with Gasteiger partial charge in [0.15, 0.2) is 0 Å². The number of amides is 1. The first-order valence-corrected chi connectivity index (χ1v) is 9.28. The Balaban J connectivity index is 1.43. The third-order valence-corrected chi connectivity index (χ3v) is 5.99. The van der Waals surface area contributed by atoms with Gasteiger partial charge in [0.1, 0.15) is 0 Å². The number of aromatic nitrogens is 2. The summed E-state index contributed by atoms with van der Waals surface area (Å²) >= 11 is 6.33. The Bertz CT molecular complexity index is 796. The number of fused-ring (bicyclic) bond motifs is 1. The third kappa shape index (κ3) is 3.14. The highest BCUT2D eigenvalue weighted by Gasteiger charge is 2.42. The number of rotatable bonds is 3. The summed E-state index contributed by atoms with van der Waals surface area (Å²) < 4.78 is 1.81. The summed E-state index contributed by atoms with van der Waals surface area (Å²) in [7, 11) is 1.89. The van der Waals surface area contributed by atoms with Crippen molar-refractivity contribution in [2.45, 2.75) is 31.8 Å². The number of carbonyl (C=O) groups excluding carboxylic acids is 1. The molecule has 2 aromatic rings. The maximum absolute atomic E-state index is 12.6. The zero-order valence-electron chi connectivity index (χ0n) is 14.4. The highest BCUT2D eigenvalue weighted by molar-refractivity contribution is 6.35. The molecule has 7 heteroatoms. The quantitative estimate of drug-likeness (QED) is 0.776. The molecule has 0 bridgehead atoms. The van der Waals surface area contributed by atoms with Gasteiger partial charge in [-0.05, 0) is 49.9 Å². The first-order chi connectivity index (χ1) is 12.1. The van der Waals surface area contributed by atoms with Gasteiger partial charge in [-0.15, -0.1) is 0 Å². The van der Waals surface area contributed by atoms with Crippen LogP contribution in [-0.4, -0.2) is 41.4 Å². The van der Waals surface area contributed by atoms with E-state index in [9.17, 15) is 4.79 Å². The lowest BCUT2D eigenvalue weighted by Gasteiger charge is -2.33. The van der Waals surface area contributed by atoms with Crippen molar-refractivity contribution in [3.8, 4) is 0 Å². The zero-order chi connectivity index (χ0) is 17.4. The van der Waals surface area contributed by atoms with Gasteiger partial charge in [-0.1, -0.05) is 17.7 Å². The molecule has 3 heterocycles. The number of nitrogens with one attached hydrogen (secondary N) is 3. The van der Waals surface area contributed by atoms with Gasteiger partial charge in [-0.3, -0.25) is 9.48 Å². The molecule has 2 aliphatic heterocycles. The van der Waals surface area contributed by atoms with Crippen molar-refractivity contribution in [3.63, 3.8) is 0 Å². The first kappa shape index (κ1) is 16.8. The second-order valence-corrected chi connectivity index (χ2v) is 7.72. The van der Waals surface area contributed by atoms with E-state index < -0.39 is 0 Å². The summed E-state index contributed by atoms with van der Waals surface area (Å²) in [6, 6.07) is 5.65. The van der Waals surface area contributed by atoms with Crippen LogP contribution in [0.4, 0.5) is 0 Å². The standard InChI is InChI=1S/C18H24ClN5O/c1-24-15-4-2-3-12(19)16(15)14(23-24)10-21-17(25)13-9-18(11-22-13)5-7-20-8-6-18/h2-4,13,20,22H,5-11H2,1H3,(H,21,25). The number of benzene rings is 1. The largest absolute Gasteiger partial charge is 0.349 e. The van der Waals surface area contributed by atoms with Crippen molar-refractivity contribution in [2.75, 3.05) is 19.6 Å². The molecule has 2 aliphatic rings. The minimum absolute atomic E-state index is 0.0567. The van der Waals surface area contributed by atoms with Gasteiger partial charge < -0.3 is 16.0 Å². The molecule has 0 aliphatic carbocycles.